The summed E-state index contributed by atoms with van der Waals surface area (Å²) in [5, 5.41) is 32.1. The molecule has 0 bridgehead atoms. The Morgan fingerprint density at radius 2 is 1.87 bits per heavy atom. The summed E-state index contributed by atoms with van der Waals surface area (Å²) >= 11 is 0. The molecule has 3 heterocycles. The highest BCUT2D eigenvalue weighted by Crippen LogP contribution is 2.39. The number of nitrogens with one attached hydrogen (secondary N) is 1. The fourth-order valence-corrected chi connectivity index (χ4v) is 5.34. The maximum Gasteiger partial charge on any atom is 0.303 e. The monoisotopic (exact) mass is 516 g/mol. The van der Waals surface area contributed by atoms with Crippen LogP contribution >= 0.6 is 0 Å². The van der Waals surface area contributed by atoms with Crippen molar-refractivity contribution in [3.8, 4) is 34.3 Å². The first kappa shape index (κ1) is 25.8. The van der Waals surface area contributed by atoms with Crippen LogP contribution in [-0.4, -0.2) is 44.6 Å². The molecule has 0 saturated carbocycles. The Bertz CT molecular complexity index is 1360. The first-order valence-electron chi connectivity index (χ1n) is 13.1. The highest BCUT2D eigenvalue weighted by molar-refractivity contribution is 5.70. The third-order valence-electron chi connectivity index (χ3n) is 7.22. The minimum atomic E-state index is -0.839. The molecule has 38 heavy (non-hydrogen) atoms. The van der Waals surface area contributed by atoms with Gasteiger partial charge in [0.05, 0.1) is 12.5 Å². The first-order chi connectivity index (χ1) is 18.5. The molecule has 2 aromatic heterocycles. The Hall–Kier alpha value is -3.82. The van der Waals surface area contributed by atoms with Gasteiger partial charge in [0.2, 0.25) is 5.82 Å². The zero-order chi connectivity index (χ0) is 26.5. The van der Waals surface area contributed by atoms with Gasteiger partial charge in [0, 0.05) is 23.2 Å². The van der Waals surface area contributed by atoms with E-state index in [0.717, 1.165) is 54.5 Å². The number of hydrogen-bond donors (Lipinski definition) is 3. The average molecular weight is 517 g/mol. The van der Waals surface area contributed by atoms with Gasteiger partial charge in [-0.2, -0.15) is 4.98 Å². The number of carboxylic acid groups (broad SMARTS) is 1. The van der Waals surface area contributed by atoms with E-state index in [1.165, 1.54) is 0 Å². The van der Waals surface area contributed by atoms with Crippen LogP contribution in [0.4, 0.5) is 0 Å². The number of piperidine rings is 1. The molecular weight excluding hydrogens is 484 g/mol. The zero-order valence-electron chi connectivity index (χ0n) is 21.4. The predicted octanol–water partition coefficient (Wildman–Crippen LogP) is 5.28. The van der Waals surface area contributed by atoms with Crippen molar-refractivity contribution in [2.75, 3.05) is 13.1 Å². The first-order valence-corrected chi connectivity index (χ1v) is 13.1. The Morgan fingerprint density at radius 1 is 1.08 bits per heavy atom. The second kappa shape index (κ2) is 11.3. The van der Waals surface area contributed by atoms with E-state index in [2.05, 4.69) is 27.5 Å². The van der Waals surface area contributed by atoms with Crippen molar-refractivity contribution in [2.45, 2.75) is 51.6 Å². The molecule has 2 aromatic carbocycles. The molecule has 1 aliphatic rings. The summed E-state index contributed by atoms with van der Waals surface area (Å²) in [6.07, 6.45) is 2.99. The number of aromatic nitrogens is 3. The third-order valence-corrected chi connectivity index (χ3v) is 7.22. The highest BCUT2D eigenvalue weighted by atomic mass is 16.5. The van der Waals surface area contributed by atoms with Crippen molar-refractivity contribution in [3.05, 3.63) is 65.7 Å². The van der Waals surface area contributed by atoms with E-state index in [1.807, 2.05) is 54.6 Å². The minimum Gasteiger partial charge on any atom is -0.481 e. The molecule has 9 nitrogen and oxygen atoms in total. The topological polar surface area (TPSA) is 135 Å². The number of rotatable bonds is 10. The van der Waals surface area contributed by atoms with Crippen LogP contribution in [0.2, 0.25) is 0 Å². The highest BCUT2D eigenvalue weighted by Gasteiger charge is 2.36. The van der Waals surface area contributed by atoms with Gasteiger partial charge < -0.3 is 24.6 Å². The molecule has 198 valence electrons. The number of aliphatic hydroxyl groups excluding tert-OH is 1. The van der Waals surface area contributed by atoms with E-state index < -0.39 is 17.5 Å². The van der Waals surface area contributed by atoms with Crippen LogP contribution in [-0.2, 0) is 11.2 Å². The maximum atomic E-state index is 11.5. The van der Waals surface area contributed by atoms with Gasteiger partial charge in [-0.3, -0.25) is 4.79 Å². The molecule has 1 saturated heterocycles. The normalized spacial score (nSPS) is 18.4. The molecule has 0 amide bonds. The number of hydrogen-bond acceptors (Lipinski definition) is 8. The molecule has 1 unspecified atom stereocenters. The Kier molecular flexibility index (Phi) is 7.67. The Morgan fingerprint density at radius 3 is 2.55 bits per heavy atom. The number of aliphatic carboxylic acids is 1. The summed E-state index contributed by atoms with van der Waals surface area (Å²) in [7, 11) is 0. The van der Waals surface area contributed by atoms with Gasteiger partial charge in [-0.15, -0.1) is 0 Å². The number of nitrogens with zero attached hydrogens (tertiary/aromatic N) is 3. The second-order valence-corrected chi connectivity index (χ2v) is 10.1. The van der Waals surface area contributed by atoms with E-state index in [-0.39, 0.29) is 6.42 Å². The van der Waals surface area contributed by atoms with Crippen molar-refractivity contribution >= 4 is 5.97 Å². The molecule has 0 aliphatic carbocycles. The van der Waals surface area contributed by atoms with Crippen LogP contribution in [0, 0.1) is 5.41 Å². The predicted molar refractivity (Wildman–Crippen MR) is 141 cm³/mol. The van der Waals surface area contributed by atoms with Crippen LogP contribution in [0.25, 0.3) is 34.3 Å². The summed E-state index contributed by atoms with van der Waals surface area (Å²) in [5.74, 6) is 0.564. The van der Waals surface area contributed by atoms with Crippen LogP contribution in [0.1, 0.15) is 56.3 Å². The third kappa shape index (κ3) is 5.54. The van der Waals surface area contributed by atoms with Crippen molar-refractivity contribution in [3.63, 3.8) is 0 Å². The lowest BCUT2D eigenvalue weighted by atomic mass is 9.73. The summed E-state index contributed by atoms with van der Waals surface area (Å²) in [6.45, 7) is 3.56. The maximum absolute atomic E-state index is 11.5. The molecule has 5 rings (SSSR count). The smallest absolute Gasteiger partial charge is 0.303 e. The Labute approximate surface area is 220 Å². The lowest BCUT2D eigenvalue weighted by molar-refractivity contribution is -0.140. The number of benzene rings is 2. The largest absolute Gasteiger partial charge is 0.481 e. The van der Waals surface area contributed by atoms with E-state index >= 15 is 0 Å². The summed E-state index contributed by atoms with van der Waals surface area (Å²) < 4.78 is 11.3. The quantitative estimate of drug-likeness (QED) is 0.257. The van der Waals surface area contributed by atoms with Gasteiger partial charge in [-0.05, 0) is 43.2 Å². The molecule has 3 N–H and O–H groups in total. The lowest BCUT2D eigenvalue weighted by Crippen LogP contribution is -2.42. The van der Waals surface area contributed by atoms with Gasteiger partial charge in [0.25, 0.3) is 5.89 Å². The lowest BCUT2D eigenvalue weighted by Gasteiger charge is -2.38. The van der Waals surface area contributed by atoms with Gasteiger partial charge in [-0.25, -0.2) is 0 Å². The van der Waals surface area contributed by atoms with Gasteiger partial charge >= 0.3 is 5.97 Å². The van der Waals surface area contributed by atoms with Crippen LogP contribution in [0.3, 0.4) is 0 Å². The van der Waals surface area contributed by atoms with E-state index in [0.29, 0.717) is 36.1 Å². The number of aliphatic hydroxyl groups is 1. The van der Waals surface area contributed by atoms with E-state index in [1.54, 1.807) is 0 Å². The van der Waals surface area contributed by atoms with Gasteiger partial charge in [0.15, 0.2) is 11.5 Å². The standard InChI is InChI=1S/C29H32N4O5/c1-2-7-22-25(32-37-26(22)20-8-4-3-5-9-20)28-31-27(33-38-28)21-12-10-19(11-13-21)23(34)16-29(17-24(35)36)14-6-15-30-18-29/h3-5,8-13,23,30,34H,2,6-7,14-18H2,1H3,(H,35,36)/t23?,29-/m0/s1. The minimum absolute atomic E-state index is 0.0365. The van der Waals surface area contributed by atoms with Gasteiger partial charge in [0.1, 0.15) is 0 Å². The fourth-order valence-electron chi connectivity index (χ4n) is 5.34. The molecule has 1 fully saturated rings. The second-order valence-electron chi connectivity index (χ2n) is 10.1. The van der Waals surface area contributed by atoms with Crippen molar-refractivity contribution < 1.29 is 24.1 Å². The Balaban J connectivity index is 1.34. The molecule has 2 atom stereocenters. The van der Waals surface area contributed by atoms with E-state index in [9.17, 15) is 15.0 Å². The van der Waals surface area contributed by atoms with Crippen molar-refractivity contribution in [2.24, 2.45) is 5.41 Å². The van der Waals surface area contributed by atoms with Crippen molar-refractivity contribution in [1.82, 2.24) is 20.6 Å². The zero-order valence-corrected chi connectivity index (χ0v) is 21.4. The molecule has 4 aromatic rings. The van der Waals surface area contributed by atoms with Crippen molar-refractivity contribution in [1.29, 1.82) is 0 Å². The molecule has 0 spiro atoms. The number of carbonyl (C=O) groups is 1. The van der Waals surface area contributed by atoms with Crippen LogP contribution < -0.4 is 5.32 Å². The van der Waals surface area contributed by atoms with Crippen LogP contribution in [0.5, 0.6) is 0 Å². The fraction of sp³-hybridized carbons (Fsp3) is 0.379. The molecule has 9 heteroatoms. The van der Waals surface area contributed by atoms with Gasteiger partial charge in [-0.1, -0.05) is 78.3 Å². The summed E-state index contributed by atoms with van der Waals surface area (Å²) in [4.78, 5) is 16.1. The SMILES string of the molecule is CCCc1c(-c2nc(-c3ccc(C(O)C[C@]4(CC(=O)O)CCCNC4)cc3)no2)noc1-c1ccccc1. The number of carboxylic acids is 1. The molecule has 0 radical (unpaired) electrons. The van der Waals surface area contributed by atoms with E-state index in [4.69, 9.17) is 9.05 Å². The summed E-state index contributed by atoms with van der Waals surface area (Å²) in [6, 6.07) is 17.1. The summed E-state index contributed by atoms with van der Waals surface area (Å²) in [5.41, 5.74) is 3.41. The molecular formula is C29H32N4O5. The molecule has 1 aliphatic heterocycles. The average Bonchev–Trinajstić information content (AvgIpc) is 3.57. The van der Waals surface area contributed by atoms with Crippen LogP contribution in [0.15, 0.2) is 63.6 Å².